The zero-order valence-electron chi connectivity index (χ0n) is 14.6. The molecule has 5 heteroatoms. The molecule has 0 bridgehead atoms. The quantitative estimate of drug-likeness (QED) is 0.920. The highest BCUT2D eigenvalue weighted by molar-refractivity contribution is 5.40. The molecule has 2 aliphatic rings. The molecular weight excluding hydrogens is 329 g/mol. The average molecular weight is 351 g/mol. The van der Waals surface area contributed by atoms with Crippen molar-refractivity contribution in [2.45, 2.75) is 25.0 Å². The zero-order valence-corrected chi connectivity index (χ0v) is 14.6. The number of hydrogen-bond donors (Lipinski definition) is 1. The first kappa shape index (κ1) is 17.0. The number of rotatable bonds is 4. The van der Waals surface area contributed by atoms with Crippen molar-refractivity contribution in [3.05, 3.63) is 65.0 Å². The van der Waals surface area contributed by atoms with Gasteiger partial charge >= 0.3 is 0 Å². The Morgan fingerprint density at radius 1 is 1.27 bits per heavy atom. The number of nitrogens with two attached hydrogens (primary N) is 1. The van der Waals surface area contributed by atoms with E-state index < -0.39 is 5.82 Å². The lowest BCUT2D eigenvalue weighted by molar-refractivity contribution is 0.0914. The van der Waals surface area contributed by atoms with E-state index in [0.717, 1.165) is 25.9 Å². The van der Waals surface area contributed by atoms with Crippen molar-refractivity contribution in [2.75, 3.05) is 19.6 Å². The zero-order chi connectivity index (χ0) is 18.1. The molecule has 134 valence electrons. The molecule has 4 nitrogen and oxygen atoms in total. The average Bonchev–Trinajstić information content (AvgIpc) is 3.27. The van der Waals surface area contributed by atoms with Crippen molar-refractivity contribution in [1.29, 1.82) is 5.26 Å². The summed E-state index contributed by atoms with van der Waals surface area (Å²) in [6.07, 6.45) is 1.90. The molecular formula is C21H22FN3O. The van der Waals surface area contributed by atoms with Gasteiger partial charge in [0.2, 0.25) is 0 Å². The van der Waals surface area contributed by atoms with Crippen molar-refractivity contribution in [2.24, 2.45) is 11.7 Å². The number of likely N-dealkylation sites (tertiary alicyclic amines) is 1. The smallest absolute Gasteiger partial charge is 0.144 e. The molecule has 26 heavy (non-hydrogen) atoms. The fourth-order valence-corrected chi connectivity index (χ4v) is 4.16. The van der Waals surface area contributed by atoms with E-state index in [4.69, 9.17) is 15.7 Å². The van der Waals surface area contributed by atoms with Crippen molar-refractivity contribution in [1.82, 2.24) is 4.90 Å². The summed E-state index contributed by atoms with van der Waals surface area (Å²) in [5.41, 5.74) is 8.34. The van der Waals surface area contributed by atoms with Gasteiger partial charge in [-0.05, 0) is 55.1 Å². The predicted molar refractivity (Wildman–Crippen MR) is 97.2 cm³/mol. The monoisotopic (exact) mass is 351 g/mol. The largest absolute Gasteiger partial charge is 0.484 e. The molecule has 0 saturated carbocycles. The van der Waals surface area contributed by atoms with Gasteiger partial charge in [0.25, 0.3) is 0 Å². The molecule has 0 radical (unpaired) electrons. The summed E-state index contributed by atoms with van der Waals surface area (Å²) in [4.78, 5) is 2.46. The molecule has 2 N–H and O–H groups in total. The second-order valence-corrected chi connectivity index (χ2v) is 7.15. The van der Waals surface area contributed by atoms with Crippen LogP contribution in [-0.2, 0) is 6.42 Å². The summed E-state index contributed by atoms with van der Waals surface area (Å²) in [6, 6.07) is 14.8. The fourth-order valence-electron chi connectivity index (χ4n) is 4.16. The van der Waals surface area contributed by atoms with Crippen LogP contribution in [0.1, 0.15) is 29.2 Å². The first-order valence-corrected chi connectivity index (χ1v) is 9.08. The van der Waals surface area contributed by atoms with E-state index in [9.17, 15) is 4.39 Å². The van der Waals surface area contributed by atoms with Crippen molar-refractivity contribution in [3.63, 3.8) is 0 Å². The van der Waals surface area contributed by atoms with Crippen LogP contribution in [0.25, 0.3) is 0 Å². The molecule has 1 heterocycles. The molecule has 0 aromatic heterocycles. The molecule has 4 rings (SSSR count). The Morgan fingerprint density at radius 2 is 2.12 bits per heavy atom. The third-order valence-electron chi connectivity index (χ3n) is 5.58. The van der Waals surface area contributed by atoms with Crippen LogP contribution in [0.4, 0.5) is 4.39 Å². The highest BCUT2D eigenvalue weighted by atomic mass is 19.1. The SMILES string of the molecule is N#Cc1ccc(O[C@@H]2c3ccccc3C[C@H]2N2CC[C@@H](CN)C2)cc1F. The van der Waals surface area contributed by atoms with Crippen LogP contribution < -0.4 is 10.5 Å². The number of nitriles is 1. The number of hydrogen-bond acceptors (Lipinski definition) is 4. The highest BCUT2D eigenvalue weighted by Gasteiger charge is 2.40. The van der Waals surface area contributed by atoms with Crippen LogP contribution in [0, 0.1) is 23.1 Å². The Bertz CT molecular complexity index is 847. The summed E-state index contributed by atoms with van der Waals surface area (Å²) in [5.74, 6) is 0.451. The van der Waals surface area contributed by atoms with Crippen LogP contribution in [0.3, 0.4) is 0 Å². The van der Waals surface area contributed by atoms with E-state index in [-0.39, 0.29) is 17.7 Å². The van der Waals surface area contributed by atoms with Gasteiger partial charge < -0.3 is 10.5 Å². The molecule has 1 saturated heterocycles. The topological polar surface area (TPSA) is 62.3 Å². The highest BCUT2D eigenvalue weighted by Crippen LogP contribution is 2.39. The maximum Gasteiger partial charge on any atom is 0.144 e. The normalized spacial score (nSPS) is 25.0. The third kappa shape index (κ3) is 3.07. The van der Waals surface area contributed by atoms with Gasteiger partial charge in [0.1, 0.15) is 23.7 Å². The minimum Gasteiger partial charge on any atom is -0.484 e. The number of halogens is 1. The second kappa shape index (κ2) is 7.06. The molecule has 1 aliphatic carbocycles. The molecule has 0 unspecified atom stereocenters. The third-order valence-corrected chi connectivity index (χ3v) is 5.58. The van der Waals surface area contributed by atoms with Gasteiger partial charge in [-0.1, -0.05) is 24.3 Å². The van der Waals surface area contributed by atoms with Crippen LogP contribution in [0.2, 0.25) is 0 Å². The molecule has 1 aliphatic heterocycles. The number of benzene rings is 2. The van der Waals surface area contributed by atoms with Gasteiger partial charge in [0, 0.05) is 12.6 Å². The first-order valence-electron chi connectivity index (χ1n) is 9.08. The Hall–Kier alpha value is -2.42. The Kier molecular flexibility index (Phi) is 4.62. The Balaban J connectivity index is 1.62. The van der Waals surface area contributed by atoms with Gasteiger partial charge in [-0.3, -0.25) is 4.90 Å². The number of nitrogens with zero attached hydrogens (tertiary/aromatic N) is 2. The van der Waals surface area contributed by atoms with Gasteiger partial charge in [0.15, 0.2) is 0 Å². The van der Waals surface area contributed by atoms with E-state index in [1.165, 1.54) is 23.3 Å². The lowest BCUT2D eigenvalue weighted by Crippen LogP contribution is -2.39. The summed E-state index contributed by atoms with van der Waals surface area (Å²) in [5, 5.41) is 8.91. The van der Waals surface area contributed by atoms with E-state index in [1.54, 1.807) is 6.07 Å². The standard InChI is InChI=1S/C21H22FN3O/c22-19-10-17(6-5-16(19)12-24)26-21-18-4-2-1-3-15(18)9-20(21)25-8-7-14(11-23)13-25/h1-6,10,14,20-21H,7-9,11,13,23H2/t14-,20+,21+/m0/s1. The fraction of sp³-hybridized carbons (Fsp3) is 0.381. The lowest BCUT2D eigenvalue weighted by atomic mass is 10.1. The molecule has 1 fully saturated rings. The van der Waals surface area contributed by atoms with E-state index in [0.29, 0.717) is 18.2 Å². The van der Waals surface area contributed by atoms with E-state index in [1.807, 2.05) is 18.2 Å². The van der Waals surface area contributed by atoms with Crippen molar-refractivity contribution in [3.8, 4) is 11.8 Å². The molecule has 0 spiro atoms. The maximum atomic E-state index is 14.0. The van der Waals surface area contributed by atoms with Crippen LogP contribution in [-0.4, -0.2) is 30.6 Å². The van der Waals surface area contributed by atoms with Crippen molar-refractivity contribution >= 4 is 0 Å². The lowest BCUT2D eigenvalue weighted by Gasteiger charge is -2.30. The maximum absolute atomic E-state index is 14.0. The molecule has 0 amide bonds. The minimum atomic E-state index is -0.544. The van der Waals surface area contributed by atoms with Crippen molar-refractivity contribution < 1.29 is 9.13 Å². The van der Waals surface area contributed by atoms with Crippen LogP contribution >= 0.6 is 0 Å². The summed E-state index contributed by atoms with van der Waals surface area (Å²) in [6.45, 7) is 2.71. The van der Waals surface area contributed by atoms with E-state index in [2.05, 4.69) is 17.0 Å². The predicted octanol–water partition coefficient (Wildman–Crippen LogP) is 3.02. The second-order valence-electron chi connectivity index (χ2n) is 7.15. The molecule has 3 atom stereocenters. The molecule has 2 aromatic rings. The van der Waals surface area contributed by atoms with Gasteiger partial charge in [-0.25, -0.2) is 4.39 Å². The summed E-state index contributed by atoms with van der Waals surface area (Å²) < 4.78 is 20.2. The molecule has 2 aromatic carbocycles. The first-order chi connectivity index (χ1) is 12.7. The minimum absolute atomic E-state index is 0.0334. The number of fused-ring (bicyclic) bond motifs is 1. The number of ether oxygens (including phenoxy) is 1. The Morgan fingerprint density at radius 3 is 2.85 bits per heavy atom. The van der Waals surface area contributed by atoms with Gasteiger partial charge in [0.05, 0.1) is 11.6 Å². The van der Waals surface area contributed by atoms with Crippen LogP contribution in [0.5, 0.6) is 5.75 Å². The summed E-state index contributed by atoms with van der Waals surface area (Å²) in [7, 11) is 0. The summed E-state index contributed by atoms with van der Waals surface area (Å²) >= 11 is 0. The van der Waals surface area contributed by atoms with Gasteiger partial charge in [-0.15, -0.1) is 0 Å². The van der Waals surface area contributed by atoms with Crippen LogP contribution in [0.15, 0.2) is 42.5 Å². The van der Waals surface area contributed by atoms with Gasteiger partial charge in [-0.2, -0.15) is 5.26 Å². The Labute approximate surface area is 153 Å². The van der Waals surface area contributed by atoms with E-state index >= 15 is 0 Å².